The van der Waals surface area contributed by atoms with Gasteiger partial charge in [-0.15, -0.1) is 0 Å². The smallest absolute Gasteiger partial charge is 0.263 e. The Hall–Kier alpha value is -5.41. The predicted molar refractivity (Wildman–Crippen MR) is 174 cm³/mol. The summed E-state index contributed by atoms with van der Waals surface area (Å²) in [4.78, 5) is 13.6. The van der Waals surface area contributed by atoms with E-state index in [1.54, 1.807) is 0 Å². The van der Waals surface area contributed by atoms with Gasteiger partial charge < -0.3 is 4.57 Å². The predicted octanol–water partition coefficient (Wildman–Crippen LogP) is 7.44. The highest BCUT2D eigenvalue weighted by molar-refractivity contribution is 6.21. The van der Waals surface area contributed by atoms with E-state index >= 15 is 0 Å². The minimum Gasteiger partial charge on any atom is -0.309 e. The summed E-state index contributed by atoms with van der Waals surface area (Å²) < 4.78 is 4.18. The Kier molecular flexibility index (Phi) is 5.04. The van der Waals surface area contributed by atoms with Gasteiger partial charge in [0.15, 0.2) is 0 Å². The lowest BCUT2D eigenvalue weighted by molar-refractivity contribution is 1.07. The zero-order valence-electron chi connectivity index (χ0n) is 22.6. The molecule has 0 aliphatic rings. The summed E-state index contributed by atoms with van der Waals surface area (Å²) in [5.74, 6) is 0. The Labute approximate surface area is 236 Å². The molecule has 41 heavy (non-hydrogen) atoms. The van der Waals surface area contributed by atoms with Crippen LogP contribution in [0.4, 0.5) is 0 Å². The molecule has 0 amide bonds. The molecule has 8 aromatic rings. The molecule has 0 spiro atoms. The van der Waals surface area contributed by atoms with Gasteiger partial charge in [0.05, 0.1) is 21.9 Å². The average molecular weight is 527 g/mol. The van der Waals surface area contributed by atoms with Crippen LogP contribution in [0.1, 0.15) is 12.5 Å². The number of hydrogen-bond acceptors (Lipinski definition) is 1. The molecule has 0 saturated carbocycles. The van der Waals surface area contributed by atoms with Crippen LogP contribution in [0.25, 0.3) is 72.8 Å². The van der Waals surface area contributed by atoms with Crippen LogP contribution >= 0.6 is 0 Å². The zero-order valence-corrected chi connectivity index (χ0v) is 22.6. The minimum atomic E-state index is 0.0318. The van der Waals surface area contributed by atoms with Crippen molar-refractivity contribution in [1.29, 1.82) is 0 Å². The Morgan fingerprint density at radius 2 is 1.24 bits per heavy atom. The SMILES string of the molecule is C=c1/c(=C\C=C(/C)c2cc3c4ccccc4c(=O)n4c5ccccc5c(c2)c34)n(-c2ccccc2)c2ccccc12. The summed E-state index contributed by atoms with van der Waals surface area (Å²) in [6.07, 6.45) is 4.37. The van der Waals surface area contributed by atoms with Gasteiger partial charge in [0, 0.05) is 37.8 Å². The molecule has 0 N–H and O–H groups in total. The number of para-hydroxylation sites is 3. The first-order valence-electron chi connectivity index (χ1n) is 13.9. The molecule has 3 nitrogen and oxygen atoms in total. The highest BCUT2D eigenvalue weighted by atomic mass is 16.1. The second-order valence-corrected chi connectivity index (χ2v) is 10.7. The largest absolute Gasteiger partial charge is 0.309 e. The number of nitrogens with zero attached hydrogens (tertiary/aromatic N) is 2. The number of hydrogen-bond donors (Lipinski definition) is 0. The molecule has 8 rings (SSSR count). The second kappa shape index (κ2) is 8.80. The molecule has 5 aromatic carbocycles. The normalized spacial score (nSPS) is 13.0. The van der Waals surface area contributed by atoms with E-state index in [2.05, 4.69) is 103 Å². The summed E-state index contributed by atoms with van der Waals surface area (Å²) in [6, 6.07) is 39.5. The van der Waals surface area contributed by atoms with Crippen LogP contribution in [0.15, 0.2) is 126 Å². The number of pyridine rings is 1. The lowest BCUT2D eigenvalue weighted by Crippen LogP contribution is -2.26. The van der Waals surface area contributed by atoms with Crippen LogP contribution in [0.2, 0.25) is 0 Å². The molecule has 0 radical (unpaired) electrons. The Bertz CT molecular complexity index is 2510. The van der Waals surface area contributed by atoms with E-state index in [1.807, 2.05) is 46.9 Å². The molecule has 3 heteroatoms. The van der Waals surface area contributed by atoms with Crippen LogP contribution in [-0.2, 0) is 0 Å². The molecule has 3 heterocycles. The van der Waals surface area contributed by atoms with Crippen molar-refractivity contribution in [3.63, 3.8) is 0 Å². The highest BCUT2D eigenvalue weighted by Gasteiger charge is 2.18. The molecular formula is C38H26N2O. The van der Waals surface area contributed by atoms with Crippen molar-refractivity contribution in [2.45, 2.75) is 6.92 Å². The third kappa shape index (κ3) is 3.36. The summed E-state index contributed by atoms with van der Waals surface area (Å²) in [5, 5.41) is 8.22. The van der Waals surface area contributed by atoms with E-state index in [9.17, 15) is 4.79 Å². The summed E-state index contributed by atoms with van der Waals surface area (Å²) in [5.41, 5.74) is 6.48. The second-order valence-electron chi connectivity index (χ2n) is 10.7. The van der Waals surface area contributed by atoms with Crippen molar-refractivity contribution < 1.29 is 0 Å². The topological polar surface area (TPSA) is 26.4 Å². The van der Waals surface area contributed by atoms with E-state index in [0.717, 1.165) is 76.3 Å². The van der Waals surface area contributed by atoms with Gasteiger partial charge in [-0.3, -0.25) is 9.20 Å². The van der Waals surface area contributed by atoms with Crippen molar-refractivity contribution in [3.8, 4) is 5.69 Å². The maximum Gasteiger partial charge on any atom is 0.263 e. The average Bonchev–Trinajstić information content (AvgIpc) is 3.51. The van der Waals surface area contributed by atoms with Crippen LogP contribution < -0.4 is 16.1 Å². The van der Waals surface area contributed by atoms with Gasteiger partial charge in [0.25, 0.3) is 5.56 Å². The monoisotopic (exact) mass is 526 g/mol. The van der Waals surface area contributed by atoms with Crippen molar-refractivity contribution in [3.05, 3.63) is 148 Å². The van der Waals surface area contributed by atoms with E-state index in [4.69, 9.17) is 0 Å². The first-order valence-corrected chi connectivity index (χ1v) is 13.9. The minimum absolute atomic E-state index is 0.0318. The Balaban J connectivity index is 1.42. The Morgan fingerprint density at radius 1 is 0.659 bits per heavy atom. The molecule has 3 aromatic heterocycles. The fourth-order valence-electron chi connectivity index (χ4n) is 6.42. The maximum atomic E-state index is 13.6. The summed E-state index contributed by atoms with van der Waals surface area (Å²) >= 11 is 0. The number of allylic oxidation sites excluding steroid dienone is 2. The number of fused-ring (bicyclic) bond motifs is 6. The molecule has 0 unspecified atom stereocenters. The van der Waals surface area contributed by atoms with Gasteiger partial charge in [-0.2, -0.15) is 0 Å². The van der Waals surface area contributed by atoms with E-state index in [-0.39, 0.29) is 5.56 Å². The zero-order chi connectivity index (χ0) is 27.7. The molecule has 0 fully saturated rings. The number of rotatable bonds is 3. The van der Waals surface area contributed by atoms with Gasteiger partial charge in [-0.05, 0) is 72.0 Å². The summed E-state index contributed by atoms with van der Waals surface area (Å²) in [7, 11) is 0. The number of benzene rings is 5. The van der Waals surface area contributed by atoms with Gasteiger partial charge in [-0.1, -0.05) is 85.5 Å². The highest BCUT2D eigenvalue weighted by Crippen LogP contribution is 2.36. The van der Waals surface area contributed by atoms with Crippen LogP contribution in [0.3, 0.4) is 0 Å². The van der Waals surface area contributed by atoms with Crippen LogP contribution in [0, 0.1) is 0 Å². The third-order valence-corrected chi connectivity index (χ3v) is 8.40. The van der Waals surface area contributed by atoms with Gasteiger partial charge >= 0.3 is 0 Å². The molecule has 0 bridgehead atoms. The fourth-order valence-corrected chi connectivity index (χ4v) is 6.42. The quantitative estimate of drug-likeness (QED) is 0.220. The van der Waals surface area contributed by atoms with Crippen molar-refractivity contribution in [2.75, 3.05) is 0 Å². The molecule has 0 saturated heterocycles. The van der Waals surface area contributed by atoms with Crippen molar-refractivity contribution >= 4 is 67.1 Å². The first-order chi connectivity index (χ1) is 20.1. The first kappa shape index (κ1) is 23.5. The Morgan fingerprint density at radius 3 is 2.00 bits per heavy atom. The van der Waals surface area contributed by atoms with E-state index < -0.39 is 0 Å². The number of aromatic nitrogens is 2. The molecule has 0 aliphatic heterocycles. The van der Waals surface area contributed by atoms with Gasteiger partial charge in [0.1, 0.15) is 0 Å². The van der Waals surface area contributed by atoms with Crippen LogP contribution in [-0.4, -0.2) is 8.97 Å². The van der Waals surface area contributed by atoms with E-state index in [0.29, 0.717) is 0 Å². The fraction of sp³-hybridized carbons (Fsp3) is 0.0263. The lowest BCUT2D eigenvalue weighted by atomic mass is 9.98. The molecule has 194 valence electrons. The van der Waals surface area contributed by atoms with Crippen molar-refractivity contribution in [2.24, 2.45) is 0 Å². The molecule has 0 aliphatic carbocycles. The standard InChI is InChI=1S/C38H26N2O/c1-24(20-21-34-25(2)28-14-8-10-18-35(28)39(34)27-12-4-3-5-13-27)26-22-32-29-15-6-7-17-31(29)38(41)40-36-19-11-9-16-30(36)33(23-26)37(32)40/h3-23H,2H2,1H3/b24-20+,34-21+. The van der Waals surface area contributed by atoms with Gasteiger partial charge in [0.2, 0.25) is 0 Å². The van der Waals surface area contributed by atoms with E-state index in [1.165, 1.54) is 0 Å². The third-order valence-electron chi connectivity index (χ3n) is 8.40. The van der Waals surface area contributed by atoms with Gasteiger partial charge in [-0.25, -0.2) is 0 Å². The van der Waals surface area contributed by atoms with Crippen molar-refractivity contribution in [1.82, 2.24) is 8.97 Å². The van der Waals surface area contributed by atoms with Crippen LogP contribution in [0.5, 0.6) is 0 Å². The maximum absolute atomic E-state index is 13.6. The molecule has 0 atom stereocenters. The summed E-state index contributed by atoms with van der Waals surface area (Å²) in [6.45, 7) is 6.63. The lowest BCUT2D eigenvalue weighted by Gasteiger charge is -2.09. The molecular weight excluding hydrogens is 500 g/mol.